The average molecular weight is 402 g/mol. The van der Waals surface area contributed by atoms with Crippen molar-refractivity contribution in [3.05, 3.63) is 59.7 Å². The average Bonchev–Trinajstić information content (AvgIpc) is 2.66. The molecular formula is C21H27N3O3S. The van der Waals surface area contributed by atoms with Crippen LogP contribution < -0.4 is 10.2 Å². The van der Waals surface area contributed by atoms with Gasteiger partial charge in [-0.3, -0.25) is 4.79 Å². The lowest BCUT2D eigenvalue weighted by Gasteiger charge is -2.29. The molecule has 0 aromatic heterocycles. The molecule has 0 atom stereocenters. The van der Waals surface area contributed by atoms with Crippen molar-refractivity contribution in [1.29, 1.82) is 0 Å². The quantitative estimate of drug-likeness (QED) is 0.808. The van der Waals surface area contributed by atoms with Gasteiger partial charge in [-0.05, 0) is 49.6 Å². The number of benzene rings is 2. The summed E-state index contributed by atoms with van der Waals surface area (Å²) in [6.45, 7) is 5.00. The van der Waals surface area contributed by atoms with Gasteiger partial charge >= 0.3 is 0 Å². The van der Waals surface area contributed by atoms with E-state index in [9.17, 15) is 13.2 Å². The first-order valence-corrected chi connectivity index (χ1v) is 11.3. The van der Waals surface area contributed by atoms with E-state index in [-0.39, 0.29) is 18.5 Å². The van der Waals surface area contributed by atoms with Crippen LogP contribution in [0.2, 0.25) is 0 Å². The molecule has 0 aliphatic carbocycles. The van der Waals surface area contributed by atoms with Crippen molar-refractivity contribution in [2.75, 3.05) is 29.6 Å². The van der Waals surface area contributed by atoms with Gasteiger partial charge in [0.2, 0.25) is 15.9 Å². The van der Waals surface area contributed by atoms with Gasteiger partial charge in [0, 0.05) is 30.5 Å². The number of hydrogen-bond donors (Lipinski definition) is 1. The van der Waals surface area contributed by atoms with Crippen molar-refractivity contribution in [3.63, 3.8) is 0 Å². The van der Waals surface area contributed by atoms with Gasteiger partial charge < -0.3 is 10.2 Å². The summed E-state index contributed by atoms with van der Waals surface area (Å²) in [4.78, 5) is 14.7. The zero-order valence-corrected chi connectivity index (χ0v) is 17.4. The van der Waals surface area contributed by atoms with E-state index in [1.54, 1.807) is 4.90 Å². The van der Waals surface area contributed by atoms with Crippen LogP contribution in [-0.4, -0.2) is 44.0 Å². The van der Waals surface area contributed by atoms with Crippen LogP contribution in [0.5, 0.6) is 0 Å². The fraction of sp³-hybridized carbons (Fsp3) is 0.381. The summed E-state index contributed by atoms with van der Waals surface area (Å²) >= 11 is 0. The van der Waals surface area contributed by atoms with Crippen LogP contribution in [-0.2, 0) is 27.8 Å². The molecule has 1 N–H and O–H groups in total. The molecule has 0 spiro atoms. The summed E-state index contributed by atoms with van der Waals surface area (Å²) in [7, 11) is -3.21. The minimum Gasteiger partial charge on any atom is -0.376 e. The molecule has 0 saturated carbocycles. The van der Waals surface area contributed by atoms with Crippen LogP contribution in [0.15, 0.2) is 48.5 Å². The Balaban J connectivity index is 1.74. The van der Waals surface area contributed by atoms with E-state index in [4.69, 9.17) is 0 Å². The first kappa shape index (κ1) is 20.4. The lowest BCUT2D eigenvalue weighted by atomic mass is 9.99. The van der Waals surface area contributed by atoms with Crippen molar-refractivity contribution in [3.8, 4) is 0 Å². The molecule has 2 aromatic carbocycles. The molecule has 1 amide bonds. The van der Waals surface area contributed by atoms with Crippen LogP contribution in [0.3, 0.4) is 0 Å². The van der Waals surface area contributed by atoms with E-state index in [0.717, 1.165) is 22.5 Å². The Hall–Kier alpha value is -2.38. The number of carbonyl (C=O) groups excluding carboxylic acids is 1. The molecule has 1 heterocycles. The normalized spacial score (nSPS) is 14.6. The number of sulfonamides is 1. The van der Waals surface area contributed by atoms with Gasteiger partial charge in [-0.2, -0.15) is 4.31 Å². The minimum absolute atomic E-state index is 0.00706. The third-order valence-electron chi connectivity index (χ3n) is 4.95. The molecule has 0 fully saturated rings. The van der Waals surface area contributed by atoms with Gasteiger partial charge in [-0.15, -0.1) is 0 Å². The molecule has 2 aromatic rings. The van der Waals surface area contributed by atoms with Gasteiger partial charge in [0.05, 0.1) is 12.8 Å². The maximum atomic E-state index is 12.9. The first-order chi connectivity index (χ1) is 13.3. The Bertz CT molecular complexity index is 943. The zero-order chi connectivity index (χ0) is 20.3. The fourth-order valence-electron chi connectivity index (χ4n) is 3.61. The standard InChI is InChI=1S/C21H27N3O3S/c1-16(2)24(18-9-5-4-6-10-18)21(25)14-22-20-11-7-8-17-15-23(28(3,26)27)13-12-19(17)20/h4-11,16,22H,12-15H2,1-3H3. The second-order valence-corrected chi connectivity index (χ2v) is 9.32. The Kier molecular flexibility index (Phi) is 6.05. The SMILES string of the molecule is CC(C)N(C(=O)CNc1cccc2c1CCN(S(C)(=O)=O)C2)c1ccccc1. The zero-order valence-electron chi connectivity index (χ0n) is 16.6. The molecule has 0 unspecified atom stereocenters. The highest BCUT2D eigenvalue weighted by atomic mass is 32.2. The molecule has 28 heavy (non-hydrogen) atoms. The summed E-state index contributed by atoms with van der Waals surface area (Å²) in [5, 5.41) is 3.27. The molecule has 7 heteroatoms. The van der Waals surface area contributed by atoms with Gasteiger partial charge in [-0.1, -0.05) is 30.3 Å². The number of rotatable bonds is 6. The maximum Gasteiger partial charge on any atom is 0.246 e. The number of amides is 1. The lowest BCUT2D eigenvalue weighted by Crippen LogP contribution is -2.41. The van der Waals surface area contributed by atoms with Gasteiger partial charge in [0.15, 0.2) is 0 Å². The monoisotopic (exact) mass is 401 g/mol. The topological polar surface area (TPSA) is 69.7 Å². The smallest absolute Gasteiger partial charge is 0.246 e. The number of fused-ring (bicyclic) bond motifs is 1. The second kappa shape index (κ2) is 8.32. The van der Waals surface area contributed by atoms with Gasteiger partial charge in [0.25, 0.3) is 0 Å². The Morgan fingerprint density at radius 2 is 1.86 bits per heavy atom. The number of nitrogens with zero attached hydrogens (tertiary/aromatic N) is 2. The van der Waals surface area contributed by atoms with E-state index in [1.807, 2.05) is 62.4 Å². The Morgan fingerprint density at radius 1 is 1.14 bits per heavy atom. The number of hydrogen-bond acceptors (Lipinski definition) is 4. The third-order valence-corrected chi connectivity index (χ3v) is 6.20. The molecule has 1 aliphatic rings. The van der Waals surface area contributed by atoms with E-state index in [0.29, 0.717) is 19.5 Å². The van der Waals surface area contributed by atoms with Crippen LogP contribution >= 0.6 is 0 Å². The van der Waals surface area contributed by atoms with Crippen LogP contribution in [0.1, 0.15) is 25.0 Å². The third kappa shape index (κ3) is 4.54. The van der Waals surface area contributed by atoms with Crippen molar-refractivity contribution < 1.29 is 13.2 Å². The summed E-state index contributed by atoms with van der Waals surface area (Å²) in [6, 6.07) is 15.5. The minimum atomic E-state index is -3.21. The highest BCUT2D eigenvalue weighted by molar-refractivity contribution is 7.88. The van der Waals surface area contributed by atoms with Gasteiger partial charge in [-0.25, -0.2) is 8.42 Å². The van der Waals surface area contributed by atoms with E-state index in [1.165, 1.54) is 10.6 Å². The number of carbonyl (C=O) groups is 1. The fourth-order valence-corrected chi connectivity index (χ4v) is 4.40. The Morgan fingerprint density at radius 3 is 2.50 bits per heavy atom. The molecule has 150 valence electrons. The van der Waals surface area contributed by atoms with Gasteiger partial charge in [0.1, 0.15) is 0 Å². The van der Waals surface area contributed by atoms with E-state index in [2.05, 4.69) is 5.32 Å². The van der Waals surface area contributed by atoms with E-state index >= 15 is 0 Å². The van der Waals surface area contributed by atoms with Crippen molar-refractivity contribution in [1.82, 2.24) is 4.31 Å². The summed E-state index contributed by atoms with van der Waals surface area (Å²) in [6.07, 6.45) is 1.87. The predicted molar refractivity (Wildman–Crippen MR) is 113 cm³/mol. The molecule has 0 saturated heterocycles. The molecule has 6 nitrogen and oxygen atoms in total. The molecule has 0 radical (unpaired) electrons. The Labute approximate surface area is 167 Å². The van der Waals surface area contributed by atoms with Crippen molar-refractivity contribution >= 4 is 27.3 Å². The van der Waals surface area contributed by atoms with Crippen molar-refractivity contribution in [2.45, 2.75) is 32.9 Å². The first-order valence-electron chi connectivity index (χ1n) is 9.44. The number of para-hydroxylation sites is 1. The van der Waals surface area contributed by atoms with Crippen LogP contribution in [0.25, 0.3) is 0 Å². The largest absolute Gasteiger partial charge is 0.376 e. The number of nitrogens with one attached hydrogen (secondary N) is 1. The second-order valence-electron chi connectivity index (χ2n) is 7.34. The summed E-state index contributed by atoms with van der Waals surface area (Å²) < 4.78 is 25.1. The maximum absolute atomic E-state index is 12.9. The number of anilines is 2. The molecule has 0 bridgehead atoms. The molecule has 1 aliphatic heterocycles. The highest BCUT2D eigenvalue weighted by Crippen LogP contribution is 2.27. The summed E-state index contributed by atoms with van der Waals surface area (Å²) in [5.41, 5.74) is 3.85. The van der Waals surface area contributed by atoms with Crippen LogP contribution in [0.4, 0.5) is 11.4 Å². The molecule has 3 rings (SSSR count). The predicted octanol–water partition coefficient (Wildman–Crippen LogP) is 2.86. The van der Waals surface area contributed by atoms with E-state index < -0.39 is 10.0 Å². The molecular weight excluding hydrogens is 374 g/mol. The highest BCUT2D eigenvalue weighted by Gasteiger charge is 2.25. The van der Waals surface area contributed by atoms with Crippen LogP contribution in [0, 0.1) is 0 Å². The summed E-state index contributed by atoms with van der Waals surface area (Å²) in [5.74, 6) is -0.00706. The van der Waals surface area contributed by atoms with Crippen molar-refractivity contribution in [2.24, 2.45) is 0 Å². The lowest BCUT2D eigenvalue weighted by molar-refractivity contribution is -0.117.